The van der Waals surface area contributed by atoms with Crippen molar-refractivity contribution in [2.75, 3.05) is 20.2 Å². The molecule has 0 bridgehead atoms. The summed E-state index contributed by atoms with van der Waals surface area (Å²) in [5.41, 5.74) is 0.0622. The lowest BCUT2D eigenvalue weighted by Crippen LogP contribution is -2.42. The molecule has 0 aliphatic rings. The van der Waals surface area contributed by atoms with Crippen molar-refractivity contribution in [3.63, 3.8) is 0 Å². The highest BCUT2D eigenvalue weighted by molar-refractivity contribution is 4.79. The average molecular weight is 215 g/mol. The minimum Gasteiger partial charge on any atom is -0.396 e. The van der Waals surface area contributed by atoms with Gasteiger partial charge in [-0.1, -0.05) is 34.1 Å². The molecule has 0 spiro atoms. The van der Waals surface area contributed by atoms with Crippen LogP contribution >= 0.6 is 0 Å². The zero-order valence-electron chi connectivity index (χ0n) is 11.4. The van der Waals surface area contributed by atoms with Gasteiger partial charge in [-0.05, 0) is 26.3 Å². The van der Waals surface area contributed by atoms with E-state index in [4.69, 9.17) is 0 Å². The molecular formula is C13H29NO. The Labute approximate surface area is 95.7 Å². The third-order valence-electron chi connectivity index (χ3n) is 3.53. The summed E-state index contributed by atoms with van der Waals surface area (Å²) in [7, 11) is 2.16. The Bertz CT molecular complexity index is 170. The second-order valence-corrected chi connectivity index (χ2v) is 5.62. The standard InChI is InChI=1S/C13H29NO/c1-7-8-13(5,10-15)9-14(6)12(4)11(2)3/h11-12,15H,7-10H2,1-6H3. The van der Waals surface area contributed by atoms with Crippen LogP contribution in [0.3, 0.4) is 0 Å². The van der Waals surface area contributed by atoms with Crippen molar-refractivity contribution in [2.24, 2.45) is 11.3 Å². The fourth-order valence-corrected chi connectivity index (χ4v) is 2.07. The monoisotopic (exact) mass is 215 g/mol. The summed E-state index contributed by atoms with van der Waals surface area (Å²) in [6, 6.07) is 0.577. The van der Waals surface area contributed by atoms with Gasteiger partial charge in [0.25, 0.3) is 0 Å². The molecule has 1 N–H and O–H groups in total. The maximum Gasteiger partial charge on any atom is 0.0497 e. The molecule has 0 fully saturated rings. The molecule has 0 amide bonds. The van der Waals surface area contributed by atoms with Crippen LogP contribution in [0.25, 0.3) is 0 Å². The lowest BCUT2D eigenvalue weighted by molar-refractivity contribution is 0.0667. The van der Waals surface area contributed by atoms with Gasteiger partial charge in [-0.15, -0.1) is 0 Å². The number of hydrogen-bond donors (Lipinski definition) is 1. The number of aliphatic hydroxyl groups excluding tert-OH is 1. The molecule has 0 saturated carbocycles. The van der Waals surface area contributed by atoms with Crippen LogP contribution in [0.15, 0.2) is 0 Å². The molecule has 2 unspecified atom stereocenters. The quantitative estimate of drug-likeness (QED) is 0.706. The van der Waals surface area contributed by atoms with Gasteiger partial charge in [0.2, 0.25) is 0 Å². The van der Waals surface area contributed by atoms with E-state index in [1.54, 1.807) is 0 Å². The Balaban J connectivity index is 4.28. The summed E-state index contributed by atoms with van der Waals surface area (Å²) in [4.78, 5) is 2.37. The summed E-state index contributed by atoms with van der Waals surface area (Å²) in [6.45, 7) is 12.4. The van der Waals surface area contributed by atoms with Gasteiger partial charge < -0.3 is 10.0 Å². The first kappa shape index (κ1) is 14.9. The SMILES string of the molecule is CCCC(C)(CO)CN(C)C(C)C(C)C. The number of aliphatic hydroxyl groups is 1. The zero-order valence-corrected chi connectivity index (χ0v) is 11.4. The molecule has 0 aromatic carbocycles. The summed E-state index contributed by atoms with van der Waals surface area (Å²) in [5, 5.41) is 9.46. The van der Waals surface area contributed by atoms with E-state index in [0.717, 1.165) is 19.4 Å². The van der Waals surface area contributed by atoms with Crippen molar-refractivity contribution in [3.8, 4) is 0 Å². The number of rotatable bonds is 7. The number of hydrogen-bond acceptors (Lipinski definition) is 2. The Kier molecular flexibility index (Phi) is 6.46. The predicted molar refractivity (Wildman–Crippen MR) is 67.0 cm³/mol. The summed E-state index contributed by atoms with van der Waals surface area (Å²) in [5.74, 6) is 0.666. The molecule has 2 atom stereocenters. The van der Waals surface area contributed by atoms with Gasteiger partial charge in [0, 0.05) is 24.6 Å². The van der Waals surface area contributed by atoms with Crippen molar-refractivity contribution in [2.45, 2.75) is 53.5 Å². The van der Waals surface area contributed by atoms with Gasteiger partial charge in [0.05, 0.1) is 0 Å². The van der Waals surface area contributed by atoms with E-state index in [1.165, 1.54) is 0 Å². The summed E-state index contributed by atoms with van der Waals surface area (Å²) < 4.78 is 0. The highest BCUT2D eigenvalue weighted by Crippen LogP contribution is 2.25. The third kappa shape index (κ3) is 4.98. The van der Waals surface area contributed by atoms with Crippen LogP contribution in [0.5, 0.6) is 0 Å². The smallest absolute Gasteiger partial charge is 0.0497 e. The van der Waals surface area contributed by atoms with E-state index in [2.05, 4.69) is 46.6 Å². The first-order chi connectivity index (χ1) is 6.86. The molecule has 2 heteroatoms. The van der Waals surface area contributed by atoms with Gasteiger partial charge >= 0.3 is 0 Å². The summed E-state index contributed by atoms with van der Waals surface area (Å²) >= 11 is 0. The van der Waals surface area contributed by atoms with Crippen LogP contribution in [0.2, 0.25) is 0 Å². The molecule has 0 aromatic heterocycles. The van der Waals surface area contributed by atoms with E-state index < -0.39 is 0 Å². The molecule has 0 rings (SSSR count). The van der Waals surface area contributed by atoms with Crippen molar-refractivity contribution in [1.29, 1.82) is 0 Å². The van der Waals surface area contributed by atoms with Crippen LogP contribution in [0, 0.1) is 11.3 Å². The lowest BCUT2D eigenvalue weighted by Gasteiger charge is -2.36. The van der Waals surface area contributed by atoms with Crippen molar-refractivity contribution in [1.82, 2.24) is 4.90 Å². The van der Waals surface area contributed by atoms with Crippen LogP contribution in [-0.4, -0.2) is 36.2 Å². The minimum atomic E-state index is 0.0622. The highest BCUT2D eigenvalue weighted by atomic mass is 16.3. The van der Waals surface area contributed by atoms with E-state index in [-0.39, 0.29) is 12.0 Å². The second-order valence-electron chi connectivity index (χ2n) is 5.62. The first-order valence-corrected chi connectivity index (χ1v) is 6.17. The molecule has 0 heterocycles. The van der Waals surface area contributed by atoms with Crippen molar-refractivity contribution < 1.29 is 5.11 Å². The lowest BCUT2D eigenvalue weighted by atomic mass is 9.85. The van der Waals surface area contributed by atoms with Gasteiger partial charge in [0.1, 0.15) is 0 Å². The molecule has 0 radical (unpaired) electrons. The molecular weight excluding hydrogens is 186 g/mol. The second kappa shape index (κ2) is 6.49. The van der Waals surface area contributed by atoms with Gasteiger partial charge in [-0.2, -0.15) is 0 Å². The average Bonchev–Trinajstić information content (AvgIpc) is 2.16. The van der Waals surface area contributed by atoms with Crippen LogP contribution in [0.1, 0.15) is 47.5 Å². The Morgan fingerprint density at radius 2 is 1.80 bits per heavy atom. The predicted octanol–water partition coefficient (Wildman–Crippen LogP) is 2.76. The van der Waals surface area contributed by atoms with Gasteiger partial charge in [-0.25, -0.2) is 0 Å². The Morgan fingerprint density at radius 3 is 2.13 bits per heavy atom. The molecule has 0 saturated heterocycles. The molecule has 2 nitrogen and oxygen atoms in total. The Hall–Kier alpha value is -0.0800. The third-order valence-corrected chi connectivity index (χ3v) is 3.53. The molecule has 0 aromatic rings. The van der Waals surface area contributed by atoms with E-state index in [9.17, 15) is 5.11 Å². The maximum absolute atomic E-state index is 9.46. The molecule has 0 aliphatic carbocycles. The molecule has 15 heavy (non-hydrogen) atoms. The van der Waals surface area contributed by atoms with E-state index in [0.29, 0.717) is 12.0 Å². The van der Waals surface area contributed by atoms with Crippen LogP contribution in [0.4, 0.5) is 0 Å². The fraction of sp³-hybridized carbons (Fsp3) is 1.00. The van der Waals surface area contributed by atoms with E-state index >= 15 is 0 Å². The minimum absolute atomic E-state index is 0.0622. The van der Waals surface area contributed by atoms with E-state index in [1.807, 2.05) is 0 Å². The maximum atomic E-state index is 9.46. The first-order valence-electron chi connectivity index (χ1n) is 6.17. The van der Waals surface area contributed by atoms with Gasteiger partial charge in [0.15, 0.2) is 0 Å². The van der Waals surface area contributed by atoms with Gasteiger partial charge in [-0.3, -0.25) is 0 Å². The molecule has 0 aliphatic heterocycles. The van der Waals surface area contributed by atoms with Crippen molar-refractivity contribution in [3.05, 3.63) is 0 Å². The van der Waals surface area contributed by atoms with Crippen molar-refractivity contribution >= 4 is 0 Å². The number of nitrogens with zero attached hydrogens (tertiary/aromatic N) is 1. The zero-order chi connectivity index (χ0) is 12.1. The topological polar surface area (TPSA) is 23.5 Å². The molecule has 92 valence electrons. The Morgan fingerprint density at radius 1 is 1.27 bits per heavy atom. The summed E-state index contributed by atoms with van der Waals surface area (Å²) in [6.07, 6.45) is 2.24. The largest absolute Gasteiger partial charge is 0.396 e. The van der Waals surface area contributed by atoms with Crippen LogP contribution < -0.4 is 0 Å². The highest BCUT2D eigenvalue weighted by Gasteiger charge is 2.26. The van der Waals surface area contributed by atoms with Crippen LogP contribution in [-0.2, 0) is 0 Å². The normalized spacial score (nSPS) is 18.2. The fourth-order valence-electron chi connectivity index (χ4n) is 2.07.